The quantitative estimate of drug-likeness (QED) is 0.669. The Morgan fingerprint density at radius 1 is 1.26 bits per heavy atom. The van der Waals surface area contributed by atoms with Gasteiger partial charge < -0.3 is 11.1 Å². The Bertz CT molecular complexity index is 598. The molecule has 0 spiro atoms. The number of hydrogen-bond donors (Lipinski definition) is 3. The summed E-state index contributed by atoms with van der Waals surface area (Å²) >= 11 is 0. The highest BCUT2D eigenvalue weighted by Crippen LogP contribution is 2.22. The summed E-state index contributed by atoms with van der Waals surface area (Å²) in [5, 5.41) is 2.66. The van der Waals surface area contributed by atoms with Crippen LogP contribution in [0, 0.1) is 0 Å². The number of urea groups is 1. The van der Waals surface area contributed by atoms with Gasteiger partial charge in [0.1, 0.15) is 5.25 Å². The van der Waals surface area contributed by atoms with E-state index in [0.29, 0.717) is 0 Å². The second kappa shape index (κ2) is 5.70. The number of imide groups is 1. The molecule has 104 valence electrons. The van der Waals surface area contributed by atoms with Crippen molar-refractivity contribution in [1.82, 2.24) is 10.6 Å². The number of nitrogen functional groups attached to an aromatic ring is 1. The van der Waals surface area contributed by atoms with E-state index in [0.717, 1.165) is 0 Å². The van der Waals surface area contributed by atoms with Crippen LogP contribution < -0.4 is 16.4 Å². The van der Waals surface area contributed by atoms with Crippen molar-refractivity contribution in [3.05, 3.63) is 24.3 Å². The van der Waals surface area contributed by atoms with E-state index >= 15 is 0 Å². The average molecular weight is 285 g/mol. The van der Waals surface area contributed by atoms with Crippen LogP contribution in [0.4, 0.5) is 10.5 Å². The number of carbonyl (C=O) groups is 2. The van der Waals surface area contributed by atoms with Crippen LogP contribution in [-0.2, 0) is 14.6 Å². The van der Waals surface area contributed by atoms with Gasteiger partial charge in [0.2, 0.25) is 5.91 Å². The molecule has 3 amide bonds. The number of amides is 3. The third-order valence-electron chi connectivity index (χ3n) is 2.52. The smallest absolute Gasteiger partial charge is 0.321 e. The Morgan fingerprint density at radius 2 is 1.84 bits per heavy atom. The number of nitrogens with one attached hydrogen (secondary N) is 2. The van der Waals surface area contributed by atoms with Gasteiger partial charge in [0.15, 0.2) is 9.84 Å². The summed E-state index contributed by atoms with van der Waals surface area (Å²) in [6, 6.07) is 5.06. The van der Waals surface area contributed by atoms with Crippen molar-refractivity contribution in [2.75, 3.05) is 12.8 Å². The van der Waals surface area contributed by atoms with E-state index in [1.54, 1.807) is 6.07 Å². The first kappa shape index (κ1) is 15.0. The molecule has 1 unspecified atom stereocenters. The lowest BCUT2D eigenvalue weighted by Gasteiger charge is -2.13. The normalized spacial score (nSPS) is 12.5. The summed E-state index contributed by atoms with van der Waals surface area (Å²) in [7, 11) is -2.62. The highest BCUT2D eigenvalue weighted by molar-refractivity contribution is 7.93. The molecule has 0 heterocycles. The Labute approximate surface area is 111 Å². The van der Waals surface area contributed by atoms with Crippen molar-refractivity contribution in [2.24, 2.45) is 0 Å². The summed E-state index contributed by atoms with van der Waals surface area (Å²) in [5.74, 6) is -0.914. The van der Waals surface area contributed by atoms with E-state index in [4.69, 9.17) is 5.73 Å². The fourth-order valence-electron chi connectivity index (χ4n) is 1.35. The number of para-hydroxylation sites is 1. The molecular formula is C11H15N3O4S. The molecule has 7 nitrogen and oxygen atoms in total. The van der Waals surface area contributed by atoms with E-state index in [1.807, 2.05) is 5.32 Å². The third-order valence-corrected chi connectivity index (χ3v) is 4.65. The molecule has 8 heteroatoms. The van der Waals surface area contributed by atoms with E-state index < -0.39 is 27.0 Å². The lowest BCUT2D eigenvalue weighted by atomic mass is 10.3. The summed E-state index contributed by atoms with van der Waals surface area (Å²) in [6.45, 7) is 1.19. The van der Waals surface area contributed by atoms with Gasteiger partial charge >= 0.3 is 6.03 Å². The predicted molar refractivity (Wildman–Crippen MR) is 70.1 cm³/mol. The van der Waals surface area contributed by atoms with Crippen molar-refractivity contribution in [2.45, 2.75) is 17.1 Å². The zero-order valence-electron chi connectivity index (χ0n) is 10.5. The molecule has 0 aromatic heterocycles. The molecule has 1 aromatic carbocycles. The Morgan fingerprint density at radius 3 is 2.37 bits per heavy atom. The van der Waals surface area contributed by atoms with Crippen LogP contribution in [-0.4, -0.2) is 32.7 Å². The number of nitrogens with two attached hydrogens (primary N) is 1. The van der Waals surface area contributed by atoms with Gasteiger partial charge in [-0.15, -0.1) is 0 Å². The molecular weight excluding hydrogens is 270 g/mol. The summed E-state index contributed by atoms with van der Waals surface area (Å²) in [5.41, 5.74) is 5.64. The molecule has 1 rings (SSSR count). The number of rotatable bonds is 3. The van der Waals surface area contributed by atoms with Crippen LogP contribution in [0.15, 0.2) is 29.2 Å². The second-order valence-electron chi connectivity index (χ2n) is 3.79. The zero-order chi connectivity index (χ0) is 14.6. The summed E-state index contributed by atoms with van der Waals surface area (Å²) in [4.78, 5) is 22.5. The van der Waals surface area contributed by atoms with Crippen LogP contribution in [0.25, 0.3) is 0 Å². The monoisotopic (exact) mass is 285 g/mol. The van der Waals surface area contributed by atoms with Gasteiger partial charge in [-0.2, -0.15) is 0 Å². The molecule has 0 aliphatic carbocycles. The van der Waals surface area contributed by atoms with Crippen LogP contribution in [0.3, 0.4) is 0 Å². The molecule has 1 atom stereocenters. The lowest BCUT2D eigenvalue weighted by molar-refractivity contribution is -0.119. The minimum atomic E-state index is -3.94. The van der Waals surface area contributed by atoms with Crippen molar-refractivity contribution >= 4 is 27.5 Å². The minimum absolute atomic E-state index is 0.0575. The molecule has 0 fully saturated rings. The first-order valence-electron chi connectivity index (χ1n) is 5.41. The molecule has 0 saturated heterocycles. The molecule has 19 heavy (non-hydrogen) atoms. The van der Waals surface area contributed by atoms with Gasteiger partial charge in [-0.05, 0) is 19.1 Å². The molecule has 1 aromatic rings. The molecule has 0 aliphatic heterocycles. The largest absolute Gasteiger partial charge is 0.398 e. The van der Waals surface area contributed by atoms with Gasteiger partial charge in [-0.3, -0.25) is 10.1 Å². The van der Waals surface area contributed by atoms with Gasteiger partial charge in [-0.25, -0.2) is 13.2 Å². The van der Waals surface area contributed by atoms with Crippen LogP contribution in [0.5, 0.6) is 0 Å². The Balaban J connectivity index is 3.04. The first-order valence-corrected chi connectivity index (χ1v) is 6.96. The molecule has 0 aliphatic rings. The lowest BCUT2D eigenvalue weighted by Crippen LogP contribution is -2.44. The summed E-state index contributed by atoms with van der Waals surface area (Å²) in [6.07, 6.45) is 0. The summed E-state index contributed by atoms with van der Waals surface area (Å²) < 4.78 is 24.4. The number of sulfone groups is 1. The van der Waals surface area contributed by atoms with Gasteiger partial charge in [0.05, 0.1) is 10.6 Å². The molecule has 0 radical (unpaired) electrons. The third kappa shape index (κ3) is 3.22. The zero-order valence-corrected chi connectivity index (χ0v) is 11.3. The van der Waals surface area contributed by atoms with Crippen molar-refractivity contribution in [3.8, 4) is 0 Å². The Kier molecular flexibility index (Phi) is 4.49. The maximum atomic E-state index is 12.2. The van der Waals surface area contributed by atoms with Gasteiger partial charge in [0.25, 0.3) is 0 Å². The SMILES string of the molecule is CNC(=O)NC(=O)C(C)S(=O)(=O)c1ccccc1N. The van der Waals surface area contributed by atoms with Crippen LogP contribution >= 0.6 is 0 Å². The Hall–Kier alpha value is -2.09. The van der Waals surface area contributed by atoms with Crippen LogP contribution in [0.2, 0.25) is 0 Å². The van der Waals surface area contributed by atoms with Crippen LogP contribution in [0.1, 0.15) is 6.92 Å². The molecule has 0 saturated carbocycles. The maximum absolute atomic E-state index is 12.2. The van der Waals surface area contributed by atoms with E-state index in [1.165, 1.54) is 32.2 Å². The maximum Gasteiger partial charge on any atom is 0.321 e. The minimum Gasteiger partial charge on any atom is -0.398 e. The topological polar surface area (TPSA) is 118 Å². The fraction of sp³-hybridized carbons (Fsp3) is 0.273. The number of benzene rings is 1. The first-order chi connectivity index (χ1) is 8.80. The number of carbonyl (C=O) groups excluding carboxylic acids is 2. The molecule has 0 bridgehead atoms. The number of hydrogen-bond acceptors (Lipinski definition) is 5. The van der Waals surface area contributed by atoms with Gasteiger partial charge in [-0.1, -0.05) is 12.1 Å². The highest BCUT2D eigenvalue weighted by Gasteiger charge is 2.31. The van der Waals surface area contributed by atoms with E-state index in [2.05, 4.69) is 5.32 Å². The number of anilines is 1. The van der Waals surface area contributed by atoms with Crippen molar-refractivity contribution in [1.29, 1.82) is 0 Å². The fourth-order valence-corrected chi connectivity index (χ4v) is 2.73. The second-order valence-corrected chi connectivity index (χ2v) is 6.03. The van der Waals surface area contributed by atoms with E-state index in [-0.39, 0.29) is 10.6 Å². The standard InChI is InChI=1S/C11H15N3O4S/c1-7(10(15)14-11(16)13-2)19(17,18)9-6-4-3-5-8(9)12/h3-7H,12H2,1-2H3,(H2,13,14,15,16). The highest BCUT2D eigenvalue weighted by atomic mass is 32.2. The van der Waals surface area contributed by atoms with E-state index in [9.17, 15) is 18.0 Å². The molecule has 4 N–H and O–H groups in total. The average Bonchev–Trinajstić information content (AvgIpc) is 2.37. The van der Waals surface area contributed by atoms with Crippen molar-refractivity contribution < 1.29 is 18.0 Å². The van der Waals surface area contributed by atoms with Gasteiger partial charge in [0, 0.05) is 7.05 Å². The van der Waals surface area contributed by atoms with Crippen molar-refractivity contribution in [3.63, 3.8) is 0 Å². The predicted octanol–water partition coefficient (Wildman–Crippen LogP) is -0.113.